The molecule has 1 atom stereocenters. The maximum Gasteiger partial charge on any atom is 0.354 e. The quantitative estimate of drug-likeness (QED) is 0.535. The molecule has 2 amide bonds. The van der Waals surface area contributed by atoms with Crippen LogP contribution in [0.3, 0.4) is 0 Å². The first-order valence-electron chi connectivity index (χ1n) is 9.37. The van der Waals surface area contributed by atoms with Gasteiger partial charge in [-0.05, 0) is 41.5 Å². The normalized spacial score (nSPS) is 17.8. The van der Waals surface area contributed by atoms with Crippen LogP contribution in [0.15, 0.2) is 27.3 Å². The predicted molar refractivity (Wildman–Crippen MR) is 113 cm³/mol. The molecule has 10 heteroatoms. The highest BCUT2D eigenvalue weighted by molar-refractivity contribution is 7.96. The SMILES string of the molecule is CC(C)c1cc(F)cc(C(C)C)c1NC(=O)N=S(N)(=O)/C(C=N)=C1/NCCCO1. The van der Waals surface area contributed by atoms with Crippen molar-refractivity contribution in [3.05, 3.63) is 39.9 Å². The van der Waals surface area contributed by atoms with Crippen molar-refractivity contribution in [2.45, 2.75) is 46.0 Å². The summed E-state index contributed by atoms with van der Waals surface area (Å²) in [6.07, 6.45) is 1.52. The third kappa shape index (κ3) is 5.54. The molecule has 1 unspecified atom stereocenters. The van der Waals surface area contributed by atoms with Crippen LogP contribution in [0.25, 0.3) is 0 Å². The summed E-state index contributed by atoms with van der Waals surface area (Å²) >= 11 is 0. The Morgan fingerprint density at radius 3 is 2.38 bits per heavy atom. The standard InChI is InChI=1S/C19H28FN5O3S/c1-11(2)14-8-13(20)9-15(12(3)4)17(14)24-19(26)25-29(22,27)16(10-21)18-23-6-5-7-28-18/h8-12,21,23H,5-7H2,1-4H3,(H3,22,24,25,26,27)/b18-16-,21-10?. The molecule has 160 valence electrons. The number of urea groups is 1. The smallest absolute Gasteiger partial charge is 0.354 e. The van der Waals surface area contributed by atoms with Crippen LogP contribution in [-0.4, -0.2) is 29.6 Å². The van der Waals surface area contributed by atoms with Crippen molar-refractivity contribution >= 4 is 27.8 Å². The molecular formula is C19H28FN5O3S. The molecule has 1 fully saturated rings. The number of carbonyl (C=O) groups is 1. The van der Waals surface area contributed by atoms with E-state index < -0.39 is 21.8 Å². The van der Waals surface area contributed by atoms with Gasteiger partial charge in [0.05, 0.1) is 6.61 Å². The lowest BCUT2D eigenvalue weighted by molar-refractivity contribution is 0.157. The van der Waals surface area contributed by atoms with E-state index in [1.807, 2.05) is 27.7 Å². The van der Waals surface area contributed by atoms with E-state index in [1.165, 1.54) is 12.1 Å². The van der Waals surface area contributed by atoms with Crippen molar-refractivity contribution in [2.24, 2.45) is 9.50 Å². The number of nitrogens with zero attached hydrogens (tertiary/aromatic N) is 1. The lowest BCUT2D eigenvalue weighted by Crippen LogP contribution is -2.30. The molecule has 0 spiro atoms. The van der Waals surface area contributed by atoms with Crippen LogP contribution in [0.4, 0.5) is 14.9 Å². The minimum absolute atomic E-state index is 0.0696. The topological polar surface area (TPSA) is 130 Å². The third-order valence-electron chi connectivity index (χ3n) is 4.38. The van der Waals surface area contributed by atoms with Gasteiger partial charge in [0.25, 0.3) is 0 Å². The number of hydrogen-bond acceptors (Lipinski definition) is 5. The second-order valence-electron chi connectivity index (χ2n) is 7.33. The number of nitrogens with one attached hydrogen (secondary N) is 3. The fourth-order valence-corrected chi connectivity index (χ4v) is 3.90. The molecule has 0 aliphatic carbocycles. The fraction of sp³-hybridized carbons (Fsp3) is 0.474. The molecule has 1 aromatic carbocycles. The molecule has 1 heterocycles. The lowest BCUT2D eigenvalue weighted by atomic mass is 9.92. The van der Waals surface area contributed by atoms with E-state index in [-0.39, 0.29) is 22.6 Å². The Hall–Kier alpha value is -2.46. The van der Waals surface area contributed by atoms with Gasteiger partial charge in [0.2, 0.25) is 5.88 Å². The van der Waals surface area contributed by atoms with Crippen LogP contribution in [0, 0.1) is 11.2 Å². The number of ether oxygens (including phenoxy) is 1. The summed E-state index contributed by atoms with van der Waals surface area (Å²) in [6.45, 7) is 8.46. The zero-order valence-corrected chi connectivity index (χ0v) is 17.9. The molecule has 0 radical (unpaired) electrons. The van der Waals surface area contributed by atoms with Gasteiger partial charge in [0, 0.05) is 18.4 Å². The highest BCUT2D eigenvalue weighted by Crippen LogP contribution is 2.33. The molecular weight excluding hydrogens is 397 g/mol. The van der Waals surface area contributed by atoms with Gasteiger partial charge in [-0.1, -0.05) is 27.7 Å². The van der Waals surface area contributed by atoms with E-state index in [1.54, 1.807) is 0 Å². The molecule has 0 saturated carbocycles. The molecule has 1 saturated heterocycles. The molecule has 2 rings (SSSR count). The molecule has 1 aliphatic heterocycles. The molecule has 0 aromatic heterocycles. The Morgan fingerprint density at radius 1 is 1.34 bits per heavy atom. The number of allylic oxidation sites excluding steroid dienone is 1. The lowest BCUT2D eigenvalue weighted by Gasteiger charge is -2.21. The van der Waals surface area contributed by atoms with Gasteiger partial charge in [0.15, 0.2) is 9.92 Å². The van der Waals surface area contributed by atoms with Crippen LogP contribution in [-0.2, 0) is 14.7 Å². The second-order valence-corrected chi connectivity index (χ2v) is 9.08. The summed E-state index contributed by atoms with van der Waals surface area (Å²) in [6, 6.07) is 1.77. The van der Waals surface area contributed by atoms with Gasteiger partial charge in [-0.2, -0.15) is 0 Å². The second kappa shape index (κ2) is 9.36. The average molecular weight is 426 g/mol. The molecule has 29 heavy (non-hydrogen) atoms. The number of amides is 2. The van der Waals surface area contributed by atoms with Crippen molar-refractivity contribution in [3.8, 4) is 0 Å². The molecule has 8 nitrogen and oxygen atoms in total. The van der Waals surface area contributed by atoms with Crippen molar-refractivity contribution in [3.63, 3.8) is 0 Å². The van der Waals surface area contributed by atoms with Crippen molar-refractivity contribution < 1.29 is 18.1 Å². The van der Waals surface area contributed by atoms with Gasteiger partial charge in [-0.15, -0.1) is 4.36 Å². The summed E-state index contributed by atoms with van der Waals surface area (Å²) in [5.74, 6) is -0.450. The Morgan fingerprint density at radius 2 is 1.93 bits per heavy atom. The Bertz CT molecular complexity index is 912. The van der Waals surface area contributed by atoms with Crippen LogP contribution in [0.2, 0.25) is 0 Å². The monoisotopic (exact) mass is 425 g/mol. The van der Waals surface area contributed by atoms with Crippen molar-refractivity contribution in [1.82, 2.24) is 5.32 Å². The van der Waals surface area contributed by atoms with E-state index in [0.29, 0.717) is 30.0 Å². The number of carbonyl (C=O) groups excluding carboxylic acids is 1. The van der Waals surface area contributed by atoms with Crippen LogP contribution < -0.4 is 15.8 Å². The van der Waals surface area contributed by atoms with E-state index in [0.717, 1.165) is 12.6 Å². The zero-order chi connectivity index (χ0) is 21.8. The van der Waals surface area contributed by atoms with Gasteiger partial charge < -0.3 is 20.8 Å². The van der Waals surface area contributed by atoms with Gasteiger partial charge in [-0.3, -0.25) is 0 Å². The van der Waals surface area contributed by atoms with Gasteiger partial charge >= 0.3 is 6.03 Å². The molecule has 1 aliphatic rings. The number of benzene rings is 1. The summed E-state index contributed by atoms with van der Waals surface area (Å²) < 4.78 is 35.9. The summed E-state index contributed by atoms with van der Waals surface area (Å²) in [7, 11) is -3.73. The summed E-state index contributed by atoms with van der Waals surface area (Å²) in [4.78, 5) is 12.4. The highest BCUT2D eigenvalue weighted by Gasteiger charge is 2.22. The highest BCUT2D eigenvalue weighted by atomic mass is 32.2. The van der Waals surface area contributed by atoms with Crippen LogP contribution in [0.5, 0.6) is 0 Å². The van der Waals surface area contributed by atoms with Gasteiger partial charge in [0.1, 0.15) is 10.7 Å². The van der Waals surface area contributed by atoms with E-state index in [2.05, 4.69) is 15.0 Å². The fourth-order valence-electron chi connectivity index (χ4n) is 2.95. The Labute approximate surface area is 170 Å². The minimum atomic E-state index is -3.73. The largest absolute Gasteiger partial charge is 0.478 e. The average Bonchev–Trinajstić information content (AvgIpc) is 2.63. The Kier molecular flexibility index (Phi) is 7.37. The predicted octanol–water partition coefficient (Wildman–Crippen LogP) is 3.77. The summed E-state index contributed by atoms with van der Waals surface area (Å²) in [5.41, 5.74) is 1.63. The number of rotatable bonds is 5. The zero-order valence-electron chi connectivity index (χ0n) is 17.0. The van der Waals surface area contributed by atoms with E-state index in [9.17, 15) is 13.4 Å². The first kappa shape index (κ1) is 22.8. The molecule has 1 aromatic rings. The third-order valence-corrected chi connectivity index (χ3v) is 5.75. The number of halogens is 1. The van der Waals surface area contributed by atoms with Crippen LogP contribution >= 0.6 is 0 Å². The summed E-state index contributed by atoms with van der Waals surface area (Å²) in [5, 5.41) is 18.8. The molecule has 5 N–H and O–H groups in total. The Balaban J connectivity index is 2.46. The van der Waals surface area contributed by atoms with E-state index in [4.69, 9.17) is 15.3 Å². The maximum atomic E-state index is 14.0. The minimum Gasteiger partial charge on any atom is -0.478 e. The number of nitrogens with two attached hydrogens (primary N) is 1. The van der Waals surface area contributed by atoms with Crippen molar-refractivity contribution in [1.29, 1.82) is 5.41 Å². The number of hydrogen-bond donors (Lipinski definition) is 4. The van der Waals surface area contributed by atoms with Crippen LogP contribution in [0.1, 0.15) is 57.1 Å². The number of anilines is 1. The van der Waals surface area contributed by atoms with Gasteiger partial charge in [-0.25, -0.2) is 18.5 Å². The van der Waals surface area contributed by atoms with Crippen molar-refractivity contribution in [2.75, 3.05) is 18.5 Å². The first-order chi connectivity index (χ1) is 13.6. The molecule has 0 bridgehead atoms. The van der Waals surface area contributed by atoms with E-state index >= 15 is 0 Å². The first-order valence-corrected chi connectivity index (χ1v) is 10.9. The maximum absolute atomic E-state index is 14.0.